The van der Waals surface area contributed by atoms with Gasteiger partial charge in [-0.25, -0.2) is 0 Å². The van der Waals surface area contributed by atoms with Gasteiger partial charge in [-0.3, -0.25) is 14.9 Å². The average Bonchev–Trinajstić information content (AvgIpc) is 2.36. The number of carbonyl (C=O) groups is 1. The number of ketones is 1. The first kappa shape index (κ1) is 14.2. The molecule has 0 aliphatic carbocycles. The molecule has 0 N–H and O–H groups in total. The second-order valence-corrected chi connectivity index (χ2v) is 4.27. The number of benzene rings is 1. The second-order valence-electron chi connectivity index (χ2n) is 4.27. The fourth-order valence-corrected chi connectivity index (χ4v) is 1.38. The molecule has 0 saturated heterocycles. The largest absolute Gasteiger partial charge is 0.485 e. The van der Waals surface area contributed by atoms with Crippen LogP contribution in [0.25, 0.3) is 0 Å². The molecule has 0 spiro atoms. The minimum atomic E-state index is -0.483. The van der Waals surface area contributed by atoms with Crippen LogP contribution in [0, 0.1) is 23.0 Å². The Morgan fingerprint density at radius 1 is 1.50 bits per heavy atom. The van der Waals surface area contributed by atoms with Crippen molar-refractivity contribution < 1.29 is 14.5 Å². The molecule has 0 radical (unpaired) electrons. The standard InChI is InChI=1S/C13H17NO4/c1-4-9(2)12(15)8-18-13-7-11(14(16)17)6-5-10(13)3/h5-7,9H,4,8H2,1-3H3. The summed E-state index contributed by atoms with van der Waals surface area (Å²) in [5.41, 5.74) is 0.740. The van der Waals surface area contributed by atoms with E-state index < -0.39 is 4.92 Å². The molecule has 0 heterocycles. The Labute approximate surface area is 106 Å². The van der Waals surface area contributed by atoms with E-state index in [2.05, 4.69) is 0 Å². The summed E-state index contributed by atoms with van der Waals surface area (Å²) < 4.78 is 5.36. The third-order valence-electron chi connectivity index (χ3n) is 2.91. The fraction of sp³-hybridized carbons (Fsp3) is 0.462. The molecule has 0 bridgehead atoms. The van der Waals surface area contributed by atoms with Gasteiger partial charge in [0.1, 0.15) is 12.4 Å². The van der Waals surface area contributed by atoms with E-state index in [-0.39, 0.29) is 24.0 Å². The van der Waals surface area contributed by atoms with Gasteiger partial charge in [0.15, 0.2) is 5.78 Å². The molecule has 0 aromatic heterocycles. The molecular formula is C13H17NO4. The van der Waals surface area contributed by atoms with Gasteiger partial charge in [-0.05, 0) is 25.0 Å². The summed E-state index contributed by atoms with van der Waals surface area (Å²) in [4.78, 5) is 21.8. The summed E-state index contributed by atoms with van der Waals surface area (Å²) >= 11 is 0. The van der Waals surface area contributed by atoms with Crippen LogP contribution in [0.2, 0.25) is 0 Å². The van der Waals surface area contributed by atoms with Crippen molar-refractivity contribution >= 4 is 11.5 Å². The highest BCUT2D eigenvalue weighted by molar-refractivity contribution is 5.82. The van der Waals surface area contributed by atoms with Crippen LogP contribution < -0.4 is 4.74 Å². The van der Waals surface area contributed by atoms with Gasteiger partial charge in [-0.2, -0.15) is 0 Å². The van der Waals surface area contributed by atoms with E-state index in [9.17, 15) is 14.9 Å². The number of hydrogen-bond donors (Lipinski definition) is 0. The number of carbonyl (C=O) groups excluding carboxylic acids is 1. The molecule has 0 amide bonds. The van der Waals surface area contributed by atoms with Crippen molar-refractivity contribution in [2.24, 2.45) is 5.92 Å². The molecule has 0 aliphatic rings. The van der Waals surface area contributed by atoms with Gasteiger partial charge < -0.3 is 4.74 Å². The van der Waals surface area contributed by atoms with E-state index in [1.165, 1.54) is 12.1 Å². The highest BCUT2D eigenvalue weighted by atomic mass is 16.6. The number of aryl methyl sites for hydroxylation is 1. The predicted molar refractivity (Wildman–Crippen MR) is 67.8 cm³/mol. The number of ether oxygens (including phenoxy) is 1. The lowest BCUT2D eigenvalue weighted by atomic mass is 10.0. The number of nitro groups is 1. The monoisotopic (exact) mass is 251 g/mol. The van der Waals surface area contributed by atoms with Crippen LogP contribution in [0.5, 0.6) is 5.75 Å². The predicted octanol–water partition coefficient (Wildman–Crippen LogP) is 2.90. The molecule has 1 aromatic rings. The first-order chi connectivity index (χ1) is 8.45. The molecular weight excluding hydrogens is 234 g/mol. The summed E-state index contributed by atoms with van der Waals surface area (Å²) in [5, 5.41) is 10.6. The number of rotatable bonds is 6. The summed E-state index contributed by atoms with van der Waals surface area (Å²) in [7, 11) is 0. The minimum absolute atomic E-state index is 0.00315. The quantitative estimate of drug-likeness (QED) is 0.575. The Bertz CT molecular complexity index is 456. The first-order valence-corrected chi connectivity index (χ1v) is 5.86. The molecule has 1 aromatic carbocycles. The van der Waals surface area contributed by atoms with Gasteiger partial charge in [-0.15, -0.1) is 0 Å². The Morgan fingerprint density at radius 3 is 2.72 bits per heavy atom. The summed E-state index contributed by atoms with van der Waals surface area (Å²) in [6.45, 7) is 5.51. The maximum Gasteiger partial charge on any atom is 0.273 e. The summed E-state index contributed by atoms with van der Waals surface area (Å²) in [5.74, 6) is 0.341. The van der Waals surface area contributed by atoms with Crippen molar-refractivity contribution in [2.75, 3.05) is 6.61 Å². The topological polar surface area (TPSA) is 69.4 Å². The SMILES string of the molecule is CCC(C)C(=O)COc1cc([N+](=O)[O-])ccc1C. The van der Waals surface area contributed by atoms with E-state index in [1.807, 2.05) is 13.8 Å². The van der Waals surface area contributed by atoms with E-state index >= 15 is 0 Å². The molecule has 18 heavy (non-hydrogen) atoms. The maximum absolute atomic E-state index is 11.6. The van der Waals surface area contributed by atoms with Crippen LogP contribution in [0.4, 0.5) is 5.69 Å². The lowest BCUT2D eigenvalue weighted by Crippen LogP contribution is -2.18. The maximum atomic E-state index is 11.6. The van der Waals surface area contributed by atoms with Gasteiger partial charge >= 0.3 is 0 Å². The molecule has 0 saturated carbocycles. The Balaban J connectivity index is 2.75. The van der Waals surface area contributed by atoms with Crippen LogP contribution in [0.1, 0.15) is 25.8 Å². The summed E-state index contributed by atoms with van der Waals surface area (Å²) in [6, 6.07) is 4.37. The van der Waals surface area contributed by atoms with Gasteiger partial charge in [0.2, 0.25) is 0 Å². The van der Waals surface area contributed by atoms with Crippen molar-refractivity contribution in [3.05, 3.63) is 33.9 Å². The molecule has 5 heteroatoms. The normalized spacial score (nSPS) is 11.9. The lowest BCUT2D eigenvalue weighted by molar-refractivity contribution is -0.384. The Hall–Kier alpha value is -1.91. The van der Waals surface area contributed by atoms with Crippen LogP contribution in [0.3, 0.4) is 0 Å². The van der Waals surface area contributed by atoms with Crippen molar-refractivity contribution in [2.45, 2.75) is 27.2 Å². The van der Waals surface area contributed by atoms with Gasteiger partial charge in [0.05, 0.1) is 11.0 Å². The highest BCUT2D eigenvalue weighted by Gasteiger charge is 2.14. The first-order valence-electron chi connectivity index (χ1n) is 5.86. The smallest absolute Gasteiger partial charge is 0.273 e. The molecule has 1 atom stereocenters. The molecule has 0 aliphatic heterocycles. The van der Waals surface area contributed by atoms with Gasteiger partial charge in [0, 0.05) is 12.0 Å². The number of non-ortho nitro benzene ring substituents is 1. The van der Waals surface area contributed by atoms with Crippen LogP contribution in [0.15, 0.2) is 18.2 Å². The number of nitro benzene ring substituents is 1. The van der Waals surface area contributed by atoms with Crippen LogP contribution in [-0.2, 0) is 4.79 Å². The van der Waals surface area contributed by atoms with E-state index in [4.69, 9.17) is 4.74 Å². The summed E-state index contributed by atoms with van der Waals surface area (Å²) in [6.07, 6.45) is 0.760. The fourth-order valence-electron chi connectivity index (χ4n) is 1.38. The average molecular weight is 251 g/mol. The third-order valence-corrected chi connectivity index (χ3v) is 2.91. The molecule has 1 rings (SSSR count). The molecule has 1 unspecified atom stereocenters. The lowest BCUT2D eigenvalue weighted by Gasteiger charge is -2.11. The van der Waals surface area contributed by atoms with E-state index in [0.29, 0.717) is 5.75 Å². The Morgan fingerprint density at radius 2 is 2.17 bits per heavy atom. The van der Waals surface area contributed by atoms with Crippen LogP contribution in [-0.4, -0.2) is 17.3 Å². The number of Topliss-reactive ketones (excluding diaryl/α,β-unsaturated/α-hetero) is 1. The third kappa shape index (κ3) is 3.55. The van der Waals surface area contributed by atoms with E-state index in [0.717, 1.165) is 12.0 Å². The highest BCUT2D eigenvalue weighted by Crippen LogP contribution is 2.24. The van der Waals surface area contributed by atoms with Crippen molar-refractivity contribution in [3.63, 3.8) is 0 Å². The molecule has 98 valence electrons. The zero-order chi connectivity index (χ0) is 13.7. The van der Waals surface area contributed by atoms with Gasteiger partial charge in [0.25, 0.3) is 5.69 Å². The van der Waals surface area contributed by atoms with Gasteiger partial charge in [-0.1, -0.05) is 13.8 Å². The van der Waals surface area contributed by atoms with Crippen molar-refractivity contribution in [1.82, 2.24) is 0 Å². The second kappa shape index (κ2) is 6.14. The van der Waals surface area contributed by atoms with Crippen molar-refractivity contribution in [3.8, 4) is 5.75 Å². The minimum Gasteiger partial charge on any atom is -0.485 e. The van der Waals surface area contributed by atoms with E-state index in [1.54, 1.807) is 13.0 Å². The number of hydrogen-bond acceptors (Lipinski definition) is 4. The zero-order valence-corrected chi connectivity index (χ0v) is 10.8. The number of nitrogens with zero attached hydrogens (tertiary/aromatic N) is 1. The Kier molecular flexibility index (Phi) is 4.83. The van der Waals surface area contributed by atoms with Crippen LogP contribution >= 0.6 is 0 Å². The van der Waals surface area contributed by atoms with Crippen molar-refractivity contribution in [1.29, 1.82) is 0 Å². The zero-order valence-electron chi connectivity index (χ0n) is 10.8. The molecule has 0 fully saturated rings. The molecule has 5 nitrogen and oxygen atoms in total.